The van der Waals surface area contributed by atoms with Crippen molar-refractivity contribution in [1.29, 1.82) is 0 Å². The van der Waals surface area contributed by atoms with Crippen LogP contribution in [0.25, 0.3) is 0 Å². The van der Waals surface area contributed by atoms with Crippen molar-refractivity contribution >= 4 is 29.1 Å². The SMILES string of the molecule is O=[N+]([O-])c1cc(Cl)ccc1OCCSc1ccccc1. The van der Waals surface area contributed by atoms with Gasteiger partial charge in [-0.05, 0) is 24.3 Å². The van der Waals surface area contributed by atoms with Crippen molar-refractivity contribution < 1.29 is 9.66 Å². The molecule has 0 atom stereocenters. The molecule has 0 amide bonds. The van der Waals surface area contributed by atoms with Crippen molar-refractivity contribution in [2.75, 3.05) is 12.4 Å². The number of thioether (sulfide) groups is 1. The number of benzene rings is 2. The van der Waals surface area contributed by atoms with E-state index in [0.29, 0.717) is 17.4 Å². The van der Waals surface area contributed by atoms with E-state index in [1.807, 2.05) is 30.3 Å². The molecule has 2 aromatic rings. The molecule has 0 unspecified atom stereocenters. The van der Waals surface area contributed by atoms with Crippen LogP contribution in [0, 0.1) is 10.1 Å². The number of halogens is 1. The van der Waals surface area contributed by atoms with E-state index in [2.05, 4.69) is 0 Å². The van der Waals surface area contributed by atoms with Gasteiger partial charge in [0, 0.05) is 21.7 Å². The van der Waals surface area contributed by atoms with Crippen LogP contribution in [-0.2, 0) is 0 Å². The molecule has 0 bridgehead atoms. The number of nitro benzene ring substituents is 1. The van der Waals surface area contributed by atoms with Crippen LogP contribution in [0.1, 0.15) is 0 Å². The fourth-order valence-electron chi connectivity index (χ4n) is 1.58. The molecule has 0 spiro atoms. The van der Waals surface area contributed by atoms with E-state index >= 15 is 0 Å². The third kappa shape index (κ3) is 4.15. The molecule has 20 heavy (non-hydrogen) atoms. The normalized spacial score (nSPS) is 10.2. The summed E-state index contributed by atoms with van der Waals surface area (Å²) < 4.78 is 5.45. The molecule has 0 aliphatic heterocycles. The molecule has 0 fully saturated rings. The highest BCUT2D eigenvalue weighted by molar-refractivity contribution is 7.99. The van der Waals surface area contributed by atoms with E-state index in [1.54, 1.807) is 17.8 Å². The summed E-state index contributed by atoms with van der Waals surface area (Å²) >= 11 is 7.37. The van der Waals surface area contributed by atoms with Crippen LogP contribution in [0.4, 0.5) is 5.69 Å². The Balaban J connectivity index is 1.90. The van der Waals surface area contributed by atoms with Gasteiger partial charge in [-0.3, -0.25) is 10.1 Å². The van der Waals surface area contributed by atoms with Gasteiger partial charge in [0.15, 0.2) is 5.75 Å². The third-order valence-electron chi connectivity index (χ3n) is 2.47. The maximum atomic E-state index is 10.9. The molecule has 2 rings (SSSR count). The summed E-state index contributed by atoms with van der Waals surface area (Å²) in [7, 11) is 0. The standard InChI is InChI=1S/C14H12ClNO3S/c15-11-6-7-14(13(10-11)16(17)18)19-8-9-20-12-4-2-1-3-5-12/h1-7,10H,8-9H2. The average molecular weight is 310 g/mol. The quantitative estimate of drug-likeness (QED) is 0.343. The number of nitro groups is 1. The largest absolute Gasteiger partial charge is 0.486 e. The first-order valence-corrected chi connectivity index (χ1v) is 7.28. The van der Waals surface area contributed by atoms with Gasteiger partial charge >= 0.3 is 5.69 Å². The van der Waals surface area contributed by atoms with Gasteiger partial charge in [-0.2, -0.15) is 0 Å². The van der Waals surface area contributed by atoms with Gasteiger partial charge in [0.2, 0.25) is 0 Å². The Bertz CT molecular complexity index is 592. The summed E-state index contributed by atoms with van der Waals surface area (Å²) in [5.74, 6) is 0.956. The molecule has 0 aromatic heterocycles. The van der Waals surface area contributed by atoms with E-state index in [1.165, 1.54) is 12.1 Å². The number of hydrogen-bond donors (Lipinski definition) is 0. The van der Waals surface area contributed by atoms with E-state index in [-0.39, 0.29) is 11.4 Å². The van der Waals surface area contributed by atoms with Crippen LogP contribution in [-0.4, -0.2) is 17.3 Å². The van der Waals surface area contributed by atoms with Crippen LogP contribution in [0.5, 0.6) is 5.75 Å². The summed E-state index contributed by atoms with van der Waals surface area (Å²) in [5, 5.41) is 11.2. The fraction of sp³-hybridized carbons (Fsp3) is 0.143. The minimum Gasteiger partial charge on any atom is -0.486 e. The molecule has 4 nitrogen and oxygen atoms in total. The van der Waals surface area contributed by atoms with Crippen molar-refractivity contribution in [3.63, 3.8) is 0 Å². The molecule has 6 heteroatoms. The average Bonchev–Trinajstić information content (AvgIpc) is 2.45. The fourth-order valence-corrected chi connectivity index (χ4v) is 2.50. The second-order valence-corrected chi connectivity index (χ2v) is 5.48. The van der Waals surface area contributed by atoms with E-state index in [9.17, 15) is 10.1 Å². The highest BCUT2D eigenvalue weighted by Gasteiger charge is 2.15. The zero-order valence-corrected chi connectivity index (χ0v) is 12.1. The monoisotopic (exact) mass is 309 g/mol. The number of nitrogens with zero attached hydrogens (tertiary/aromatic N) is 1. The van der Waals surface area contributed by atoms with Crippen LogP contribution in [0.3, 0.4) is 0 Å². The molecule has 0 N–H and O–H groups in total. The summed E-state index contributed by atoms with van der Waals surface area (Å²) in [6.07, 6.45) is 0. The lowest BCUT2D eigenvalue weighted by Gasteiger charge is -2.07. The molecule has 0 aliphatic rings. The van der Waals surface area contributed by atoms with Crippen LogP contribution >= 0.6 is 23.4 Å². The molecule has 0 saturated heterocycles. The Morgan fingerprint density at radius 1 is 1.20 bits per heavy atom. The van der Waals surface area contributed by atoms with Gasteiger partial charge < -0.3 is 4.74 Å². The maximum absolute atomic E-state index is 10.9. The highest BCUT2D eigenvalue weighted by atomic mass is 35.5. The number of hydrogen-bond acceptors (Lipinski definition) is 4. The first-order valence-electron chi connectivity index (χ1n) is 5.91. The molecule has 2 aromatic carbocycles. The predicted molar refractivity (Wildman–Crippen MR) is 80.8 cm³/mol. The van der Waals surface area contributed by atoms with Crippen molar-refractivity contribution in [3.8, 4) is 5.75 Å². The first-order chi connectivity index (χ1) is 9.66. The van der Waals surface area contributed by atoms with E-state index in [0.717, 1.165) is 4.90 Å². The van der Waals surface area contributed by atoms with Crippen molar-refractivity contribution in [1.82, 2.24) is 0 Å². The Kier molecular flexibility index (Phi) is 5.26. The molecule has 0 saturated carbocycles. The van der Waals surface area contributed by atoms with Gasteiger partial charge in [-0.15, -0.1) is 11.8 Å². The Morgan fingerprint density at radius 3 is 2.65 bits per heavy atom. The lowest BCUT2D eigenvalue weighted by atomic mass is 10.3. The number of ether oxygens (including phenoxy) is 1. The van der Waals surface area contributed by atoms with Crippen molar-refractivity contribution in [3.05, 3.63) is 63.7 Å². The smallest absolute Gasteiger partial charge is 0.312 e. The molecule has 0 radical (unpaired) electrons. The summed E-state index contributed by atoms with van der Waals surface area (Å²) in [4.78, 5) is 11.5. The van der Waals surface area contributed by atoms with E-state index in [4.69, 9.17) is 16.3 Å². The van der Waals surface area contributed by atoms with Gasteiger partial charge in [-0.1, -0.05) is 29.8 Å². The lowest BCUT2D eigenvalue weighted by molar-refractivity contribution is -0.385. The minimum atomic E-state index is -0.494. The third-order valence-corrected chi connectivity index (χ3v) is 3.68. The van der Waals surface area contributed by atoms with Gasteiger partial charge in [0.1, 0.15) is 0 Å². The summed E-state index contributed by atoms with van der Waals surface area (Å²) in [6.45, 7) is 0.391. The Hall–Kier alpha value is -1.72. The van der Waals surface area contributed by atoms with Crippen LogP contribution < -0.4 is 4.74 Å². The molecular formula is C14H12ClNO3S. The highest BCUT2D eigenvalue weighted by Crippen LogP contribution is 2.30. The lowest BCUT2D eigenvalue weighted by Crippen LogP contribution is -2.02. The second kappa shape index (κ2) is 7.17. The number of rotatable bonds is 6. The van der Waals surface area contributed by atoms with Gasteiger partial charge in [0.25, 0.3) is 0 Å². The minimum absolute atomic E-state index is 0.109. The zero-order valence-electron chi connectivity index (χ0n) is 10.5. The zero-order chi connectivity index (χ0) is 14.4. The second-order valence-electron chi connectivity index (χ2n) is 3.88. The summed E-state index contributed by atoms with van der Waals surface area (Å²) in [5.41, 5.74) is -0.109. The molecular weight excluding hydrogens is 298 g/mol. The maximum Gasteiger partial charge on any atom is 0.312 e. The summed E-state index contributed by atoms with van der Waals surface area (Å²) in [6, 6.07) is 14.3. The topological polar surface area (TPSA) is 52.4 Å². The Labute approximate surface area is 125 Å². The van der Waals surface area contributed by atoms with Crippen molar-refractivity contribution in [2.45, 2.75) is 4.90 Å². The predicted octanol–water partition coefficient (Wildman–Crippen LogP) is 4.42. The first kappa shape index (κ1) is 14.7. The van der Waals surface area contributed by atoms with Gasteiger partial charge in [-0.25, -0.2) is 0 Å². The molecule has 0 aliphatic carbocycles. The Morgan fingerprint density at radius 2 is 1.95 bits per heavy atom. The van der Waals surface area contributed by atoms with Crippen LogP contribution in [0.15, 0.2) is 53.4 Å². The molecule has 104 valence electrons. The van der Waals surface area contributed by atoms with Gasteiger partial charge in [0.05, 0.1) is 11.5 Å². The van der Waals surface area contributed by atoms with Crippen molar-refractivity contribution in [2.24, 2.45) is 0 Å². The van der Waals surface area contributed by atoms with Crippen LogP contribution in [0.2, 0.25) is 5.02 Å². The van der Waals surface area contributed by atoms with E-state index < -0.39 is 4.92 Å². The molecule has 0 heterocycles.